The Morgan fingerprint density at radius 2 is 2.18 bits per heavy atom. The second-order valence-corrected chi connectivity index (χ2v) is 6.07. The number of aromatic nitrogens is 2. The molecule has 2 bridgehead atoms. The maximum atomic E-state index is 12.5. The summed E-state index contributed by atoms with van der Waals surface area (Å²) in [5, 5.41) is 7.77. The zero-order chi connectivity index (χ0) is 15.1. The van der Waals surface area contributed by atoms with Crippen molar-refractivity contribution in [2.24, 2.45) is 5.92 Å². The van der Waals surface area contributed by atoms with E-state index >= 15 is 0 Å². The van der Waals surface area contributed by atoms with E-state index in [1.807, 2.05) is 18.2 Å². The van der Waals surface area contributed by atoms with E-state index in [-0.39, 0.29) is 12.1 Å². The van der Waals surface area contributed by atoms with Crippen LogP contribution < -0.4 is 4.74 Å². The first kappa shape index (κ1) is 13.6. The van der Waals surface area contributed by atoms with Crippen LogP contribution in [0.3, 0.4) is 0 Å². The Morgan fingerprint density at radius 1 is 1.36 bits per heavy atom. The molecule has 1 N–H and O–H groups in total. The summed E-state index contributed by atoms with van der Waals surface area (Å²) >= 11 is 0. The number of H-pyrrole nitrogens is 1. The third-order valence-corrected chi connectivity index (χ3v) is 4.82. The van der Waals surface area contributed by atoms with Crippen LogP contribution in [-0.4, -0.2) is 53.9 Å². The van der Waals surface area contributed by atoms with Gasteiger partial charge in [0.25, 0.3) is 0 Å². The number of nitrogens with one attached hydrogen (secondary N) is 1. The highest BCUT2D eigenvalue weighted by Gasteiger charge is 2.37. The first-order valence-electron chi connectivity index (χ1n) is 7.70. The normalized spacial score (nSPS) is 27.0. The zero-order valence-electron chi connectivity index (χ0n) is 12.5. The third-order valence-electron chi connectivity index (χ3n) is 4.82. The van der Waals surface area contributed by atoms with Crippen LogP contribution in [0.5, 0.6) is 5.75 Å². The van der Waals surface area contributed by atoms with Gasteiger partial charge in [0, 0.05) is 18.0 Å². The summed E-state index contributed by atoms with van der Waals surface area (Å²) in [6.45, 7) is 3.11. The number of fused-ring (bicyclic) bond motifs is 4. The van der Waals surface area contributed by atoms with Crippen LogP contribution >= 0.6 is 0 Å². The molecule has 1 aromatic heterocycles. The van der Waals surface area contributed by atoms with Gasteiger partial charge in [-0.1, -0.05) is 0 Å². The number of ether oxygens (including phenoxy) is 2. The molecule has 1 aromatic carbocycles. The minimum absolute atomic E-state index is 0.00000152. The molecule has 6 heteroatoms. The minimum atomic E-state index is -0.338. The number of carbonyl (C=O) groups is 1. The average Bonchev–Trinajstić information content (AvgIpc) is 2.99. The Morgan fingerprint density at radius 3 is 2.86 bits per heavy atom. The van der Waals surface area contributed by atoms with Gasteiger partial charge in [-0.25, -0.2) is 4.79 Å². The highest BCUT2D eigenvalue weighted by Crippen LogP contribution is 2.30. The van der Waals surface area contributed by atoms with Gasteiger partial charge in [-0.3, -0.25) is 10.00 Å². The van der Waals surface area contributed by atoms with Crippen LogP contribution in [0.4, 0.5) is 0 Å². The fourth-order valence-corrected chi connectivity index (χ4v) is 3.52. The number of benzene rings is 1. The van der Waals surface area contributed by atoms with Crippen molar-refractivity contribution < 1.29 is 14.3 Å². The van der Waals surface area contributed by atoms with Crippen molar-refractivity contribution >= 4 is 16.9 Å². The lowest BCUT2D eigenvalue weighted by molar-refractivity contribution is -0.0458. The van der Waals surface area contributed by atoms with E-state index in [1.54, 1.807) is 7.11 Å². The van der Waals surface area contributed by atoms with Gasteiger partial charge in [-0.2, -0.15) is 5.10 Å². The monoisotopic (exact) mass is 301 g/mol. The molecule has 116 valence electrons. The molecule has 6 nitrogen and oxygen atoms in total. The quantitative estimate of drug-likeness (QED) is 0.876. The van der Waals surface area contributed by atoms with Crippen LogP contribution in [0.25, 0.3) is 10.9 Å². The second kappa shape index (κ2) is 5.28. The number of hydrogen-bond acceptors (Lipinski definition) is 5. The van der Waals surface area contributed by atoms with Gasteiger partial charge >= 0.3 is 5.97 Å². The predicted octanol–water partition coefficient (Wildman–Crippen LogP) is 1.82. The summed E-state index contributed by atoms with van der Waals surface area (Å²) in [4.78, 5) is 14.8. The van der Waals surface area contributed by atoms with Crippen molar-refractivity contribution in [3.8, 4) is 5.75 Å². The standard InChI is InChI=1S/C16H19N3O3/c1-21-11-2-3-12-13(8-11)17-18-15(12)16(20)22-14-9-19-6-4-10(14)5-7-19/h2-3,8,10,14H,4-7,9H2,1H3,(H,17,18)/t14-/m0/s1. The number of hydrogen-bond donors (Lipinski definition) is 1. The Labute approximate surface area is 128 Å². The van der Waals surface area contributed by atoms with Gasteiger partial charge in [0.2, 0.25) is 0 Å². The van der Waals surface area contributed by atoms with E-state index in [4.69, 9.17) is 9.47 Å². The van der Waals surface area contributed by atoms with Gasteiger partial charge in [0.15, 0.2) is 5.69 Å². The summed E-state index contributed by atoms with van der Waals surface area (Å²) < 4.78 is 10.9. The zero-order valence-corrected chi connectivity index (χ0v) is 12.5. The molecular weight excluding hydrogens is 282 g/mol. The molecule has 0 saturated carbocycles. The lowest BCUT2D eigenvalue weighted by Crippen LogP contribution is -2.51. The molecule has 1 atom stereocenters. The van der Waals surface area contributed by atoms with Crippen molar-refractivity contribution in [3.05, 3.63) is 23.9 Å². The molecule has 0 spiro atoms. The average molecular weight is 301 g/mol. The number of nitrogens with zero attached hydrogens (tertiary/aromatic N) is 2. The molecule has 0 aliphatic carbocycles. The van der Waals surface area contributed by atoms with Gasteiger partial charge < -0.3 is 9.47 Å². The largest absolute Gasteiger partial charge is 0.497 e. The molecule has 3 aliphatic rings. The van der Waals surface area contributed by atoms with E-state index in [1.165, 1.54) is 0 Å². The van der Waals surface area contributed by atoms with Gasteiger partial charge in [-0.15, -0.1) is 0 Å². The lowest BCUT2D eigenvalue weighted by atomic mass is 9.86. The van der Waals surface area contributed by atoms with E-state index in [9.17, 15) is 4.79 Å². The topological polar surface area (TPSA) is 67.5 Å². The van der Waals surface area contributed by atoms with Crippen LogP contribution in [0.1, 0.15) is 23.3 Å². The molecule has 2 aromatic rings. The smallest absolute Gasteiger partial charge is 0.359 e. The van der Waals surface area contributed by atoms with Gasteiger partial charge in [-0.05, 0) is 44.0 Å². The van der Waals surface area contributed by atoms with E-state index in [0.29, 0.717) is 11.6 Å². The fraction of sp³-hybridized carbons (Fsp3) is 0.500. The molecule has 5 rings (SSSR count). The third kappa shape index (κ3) is 2.23. The molecule has 22 heavy (non-hydrogen) atoms. The van der Waals surface area contributed by atoms with Crippen LogP contribution in [0.15, 0.2) is 18.2 Å². The van der Waals surface area contributed by atoms with Gasteiger partial charge in [0.1, 0.15) is 11.9 Å². The molecule has 0 radical (unpaired) electrons. The summed E-state index contributed by atoms with van der Waals surface area (Å²) in [5.74, 6) is 0.892. The first-order valence-corrected chi connectivity index (χ1v) is 7.70. The van der Waals surface area contributed by atoms with Crippen molar-refractivity contribution in [2.75, 3.05) is 26.7 Å². The number of carbonyl (C=O) groups excluding carboxylic acids is 1. The molecular formula is C16H19N3O3. The molecule has 3 fully saturated rings. The number of rotatable bonds is 3. The van der Waals surface area contributed by atoms with Gasteiger partial charge in [0.05, 0.1) is 12.6 Å². The fourth-order valence-electron chi connectivity index (χ4n) is 3.52. The number of methoxy groups -OCH3 is 1. The lowest BCUT2D eigenvalue weighted by Gasteiger charge is -2.43. The Bertz CT molecular complexity index is 704. The van der Waals surface area contributed by atoms with E-state index in [0.717, 1.165) is 49.1 Å². The number of esters is 1. The number of piperidine rings is 3. The summed E-state index contributed by atoms with van der Waals surface area (Å²) in [7, 11) is 1.61. The van der Waals surface area contributed by atoms with Crippen molar-refractivity contribution in [1.82, 2.24) is 15.1 Å². The van der Waals surface area contributed by atoms with Crippen LogP contribution in [0.2, 0.25) is 0 Å². The van der Waals surface area contributed by atoms with Crippen LogP contribution in [-0.2, 0) is 4.74 Å². The number of aromatic amines is 1. The Balaban J connectivity index is 1.55. The Hall–Kier alpha value is -2.08. The SMILES string of the molecule is COc1ccc2c(C(=O)O[C@H]3CN4CCC3CC4)n[nH]c2c1. The molecule has 3 aliphatic heterocycles. The maximum Gasteiger partial charge on any atom is 0.359 e. The minimum Gasteiger partial charge on any atom is -0.497 e. The van der Waals surface area contributed by atoms with Crippen LogP contribution in [0, 0.1) is 5.92 Å². The van der Waals surface area contributed by atoms with Crippen molar-refractivity contribution in [1.29, 1.82) is 0 Å². The summed E-state index contributed by atoms with van der Waals surface area (Å²) in [6.07, 6.45) is 2.24. The summed E-state index contributed by atoms with van der Waals surface area (Å²) in [6, 6.07) is 5.49. The molecule has 0 unspecified atom stereocenters. The molecule has 0 amide bonds. The highest BCUT2D eigenvalue weighted by molar-refractivity contribution is 6.02. The van der Waals surface area contributed by atoms with E-state index in [2.05, 4.69) is 15.1 Å². The van der Waals surface area contributed by atoms with E-state index < -0.39 is 0 Å². The summed E-state index contributed by atoms with van der Waals surface area (Å²) in [5.41, 5.74) is 1.13. The van der Waals surface area contributed by atoms with Crippen molar-refractivity contribution in [3.63, 3.8) is 0 Å². The Kier molecular flexibility index (Phi) is 3.26. The molecule has 4 heterocycles. The first-order chi connectivity index (χ1) is 10.7. The predicted molar refractivity (Wildman–Crippen MR) is 81.0 cm³/mol. The molecule has 3 saturated heterocycles. The van der Waals surface area contributed by atoms with Crippen molar-refractivity contribution in [2.45, 2.75) is 18.9 Å². The highest BCUT2D eigenvalue weighted by atomic mass is 16.5. The second-order valence-electron chi connectivity index (χ2n) is 6.07. The maximum absolute atomic E-state index is 12.5.